The van der Waals surface area contributed by atoms with Crippen LogP contribution < -0.4 is 5.56 Å². The van der Waals surface area contributed by atoms with Gasteiger partial charge in [-0.1, -0.05) is 13.8 Å². The van der Waals surface area contributed by atoms with E-state index < -0.39 is 0 Å². The Morgan fingerprint density at radius 3 is 2.83 bits per heavy atom. The van der Waals surface area contributed by atoms with E-state index in [0.717, 1.165) is 30.8 Å². The standard InChI is InChI=1S/C13H18N4O/c1-4-6-17-8-14-7-11(17)12-15-10(5-2)9(3)13(18)16-12/h7-8H,4-6H2,1-3H3,(H,15,16,18). The summed E-state index contributed by atoms with van der Waals surface area (Å²) >= 11 is 0. The zero-order valence-electron chi connectivity index (χ0n) is 11.0. The Hall–Kier alpha value is -1.91. The third kappa shape index (κ3) is 2.20. The number of aromatic nitrogens is 4. The van der Waals surface area contributed by atoms with Gasteiger partial charge in [-0.25, -0.2) is 9.97 Å². The third-order valence-electron chi connectivity index (χ3n) is 3.01. The molecule has 0 spiro atoms. The molecule has 5 nitrogen and oxygen atoms in total. The monoisotopic (exact) mass is 246 g/mol. The second kappa shape index (κ2) is 5.16. The van der Waals surface area contributed by atoms with Gasteiger partial charge in [-0.3, -0.25) is 4.79 Å². The van der Waals surface area contributed by atoms with Gasteiger partial charge in [0, 0.05) is 12.1 Å². The first kappa shape index (κ1) is 12.5. The van der Waals surface area contributed by atoms with Gasteiger partial charge < -0.3 is 9.55 Å². The first-order valence-electron chi connectivity index (χ1n) is 6.27. The number of nitrogens with one attached hydrogen (secondary N) is 1. The highest BCUT2D eigenvalue weighted by Crippen LogP contribution is 2.15. The minimum Gasteiger partial charge on any atom is -0.328 e. The van der Waals surface area contributed by atoms with Gasteiger partial charge in [0.2, 0.25) is 0 Å². The maximum absolute atomic E-state index is 11.9. The Balaban J connectivity index is 2.54. The molecule has 0 radical (unpaired) electrons. The molecule has 0 aliphatic carbocycles. The molecule has 2 aromatic heterocycles. The van der Waals surface area contributed by atoms with Crippen molar-refractivity contribution in [3.8, 4) is 11.5 Å². The van der Waals surface area contributed by atoms with E-state index in [1.807, 2.05) is 11.5 Å². The van der Waals surface area contributed by atoms with Crippen molar-refractivity contribution >= 4 is 0 Å². The van der Waals surface area contributed by atoms with E-state index in [1.165, 1.54) is 0 Å². The summed E-state index contributed by atoms with van der Waals surface area (Å²) < 4.78 is 2.01. The maximum atomic E-state index is 11.9. The number of hydrogen-bond acceptors (Lipinski definition) is 3. The number of H-pyrrole nitrogens is 1. The molecule has 0 bridgehead atoms. The van der Waals surface area contributed by atoms with Crippen LogP contribution in [0.2, 0.25) is 0 Å². The number of aryl methyl sites for hydroxylation is 2. The van der Waals surface area contributed by atoms with Gasteiger partial charge in [0.1, 0.15) is 5.69 Å². The quantitative estimate of drug-likeness (QED) is 0.896. The number of imidazole rings is 1. The summed E-state index contributed by atoms with van der Waals surface area (Å²) in [6.07, 6.45) is 5.28. The number of nitrogens with zero attached hydrogens (tertiary/aromatic N) is 3. The molecule has 96 valence electrons. The SMILES string of the molecule is CCCn1cncc1-c1nc(CC)c(C)c(=O)[nH]1. The van der Waals surface area contributed by atoms with Crippen LogP contribution >= 0.6 is 0 Å². The van der Waals surface area contributed by atoms with Gasteiger partial charge in [0.05, 0.1) is 18.2 Å². The van der Waals surface area contributed by atoms with E-state index in [2.05, 4.69) is 21.9 Å². The van der Waals surface area contributed by atoms with Crippen molar-refractivity contribution in [2.75, 3.05) is 0 Å². The van der Waals surface area contributed by atoms with E-state index in [4.69, 9.17) is 0 Å². The predicted octanol–water partition coefficient (Wildman–Crippen LogP) is 1.91. The van der Waals surface area contributed by atoms with Crippen LogP contribution in [0.25, 0.3) is 11.5 Å². The Kier molecular flexibility index (Phi) is 3.60. The van der Waals surface area contributed by atoms with Crippen LogP contribution in [0, 0.1) is 6.92 Å². The highest BCUT2D eigenvalue weighted by Gasteiger charge is 2.11. The molecule has 0 aromatic carbocycles. The average molecular weight is 246 g/mol. The molecule has 0 saturated heterocycles. The van der Waals surface area contributed by atoms with Crippen LogP contribution in [0.3, 0.4) is 0 Å². The molecule has 0 atom stereocenters. The van der Waals surface area contributed by atoms with Gasteiger partial charge in [-0.2, -0.15) is 0 Å². The molecular formula is C13H18N4O. The van der Waals surface area contributed by atoms with Gasteiger partial charge in [0.15, 0.2) is 5.82 Å². The van der Waals surface area contributed by atoms with Crippen molar-refractivity contribution in [1.82, 2.24) is 19.5 Å². The van der Waals surface area contributed by atoms with Gasteiger partial charge in [0.25, 0.3) is 5.56 Å². The fraction of sp³-hybridized carbons (Fsp3) is 0.462. The Labute approximate surface area is 106 Å². The summed E-state index contributed by atoms with van der Waals surface area (Å²) in [5.41, 5.74) is 2.34. The molecule has 0 unspecified atom stereocenters. The fourth-order valence-electron chi connectivity index (χ4n) is 1.98. The van der Waals surface area contributed by atoms with Crippen molar-refractivity contribution < 1.29 is 0 Å². The average Bonchev–Trinajstić information content (AvgIpc) is 2.81. The van der Waals surface area contributed by atoms with Crippen molar-refractivity contribution in [2.24, 2.45) is 0 Å². The first-order valence-corrected chi connectivity index (χ1v) is 6.27. The molecule has 0 saturated carbocycles. The summed E-state index contributed by atoms with van der Waals surface area (Å²) in [5, 5.41) is 0. The van der Waals surface area contributed by atoms with Crippen LogP contribution in [0.5, 0.6) is 0 Å². The molecule has 0 amide bonds. The van der Waals surface area contributed by atoms with Crippen LogP contribution in [0.1, 0.15) is 31.5 Å². The molecule has 0 aliphatic rings. The first-order chi connectivity index (χ1) is 8.67. The van der Waals surface area contributed by atoms with E-state index in [9.17, 15) is 4.79 Å². The van der Waals surface area contributed by atoms with Crippen molar-refractivity contribution in [1.29, 1.82) is 0 Å². The van der Waals surface area contributed by atoms with Gasteiger partial charge in [-0.15, -0.1) is 0 Å². The van der Waals surface area contributed by atoms with Crippen LogP contribution in [-0.4, -0.2) is 19.5 Å². The third-order valence-corrected chi connectivity index (χ3v) is 3.01. The van der Waals surface area contributed by atoms with Crippen LogP contribution in [0.4, 0.5) is 0 Å². The van der Waals surface area contributed by atoms with Crippen molar-refractivity contribution in [3.63, 3.8) is 0 Å². The van der Waals surface area contributed by atoms with Crippen molar-refractivity contribution in [2.45, 2.75) is 40.2 Å². The van der Waals surface area contributed by atoms with E-state index in [-0.39, 0.29) is 5.56 Å². The minimum absolute atomic E-state index is 0.0684. The zero-order valence-corrected chi connectivity index (χ0v) is 11.0. The second-order valence-electron chi connectivity index (χ2n) is 4.31. The van der Waals surface area contributed by atoms with E-state index in [1.54, 1.807) is 19.4 Å². The predicted molar refractivity (Wildman–Crippen MR) is 70.5 cm³/mol. The van der Waals surface area contributed by atoms with Gasteiger partial charge >= 0.3 is 0 Å². The van der Waals surface area contributed by atoms with E-state index >= 15 is 0 Å². The lowest BCUT2D eigenvalue weighted by atomic mass is 10.2. The molecule has 2 heterocycles. The maximum Gasteiger partial charge on any atom is 0.254 e. The van der Waals surface area contributed by atoms with E-state index in [0.29, 0.717) is 11.4 Å². The zero-order chi connectivity index (χ0) is 13.1. The number of hydrogen-bond donors (Lipinski definition) is 1. The normalized spacial score (nSPS) is 10.8. The molecule has 18 heavy (non-hydrogen) atoms. The molecule has 0 fully saturated rings. The molecule has 5 heteroatoms. The molecule has 2 aromatic rings. The van der Waals surface area contributed by atoms with Crippen molar-refractivity contribution in [3.05, 3.63) is 34.1 Å². The van der Waals surface area contributed by atoms with Crippen LogP contribution in [0.15, 0.2) is 17.3 Å². The lowest BCUT2D eigenvalue weighted by Gasteiger charge is -2.08. The van der Waals surface area contributed by atoms with Crippen LogP contribution in [-0.2, 0) is 13.0 Å². The number of aromatic amines is 1. The molecule has 1 N–H and O–H groups in total. The smallest absolute Gasteiger partial charge is 0.254 e. The summed E-state index contributed by atoms with van der Waals surface area (Å²) in [6.45, 7) is 6.78. The topological polar surface area (TPSA) is 63.6 Å². The molecular weight excluding hydrogens is 228 g/mol. The Morgan fingerprint density at radius 2 is 2.17 bits per heavy atom. The fourth-order valence-corrected chi connectivity index (χ4v) is 1.98. The highest BCUT2D eigenvalue weighted by molar-refractivity contribution is 5.49. The van der Waals surface area contributed by atoms with Gasteiger partial charge in [-0.05, 0) is 19.8 Å². The lowest BCUT2D eigenvalue weighted by Crippen LogP contribution is -2.16. The second-order valence-corrected chi connectivity index (χ2v) is 4.31. The Bertz CT molecular complexity index is 597. The minimum atomic E-state index is -0.0684. The summed E-state index contributed by atoms with van der Waals surface area (Å²) in [7, 11) is 0. The summed E-state index contributed by atoms with van der Waals surface area (Å²) in [6, 6.07) is 0. The molecule has 2 rings (SSSR count). The highest BCUT2D eigenvalue weighted by atomic mass is 16.1. The summed E-state index contributed by atoms with van der Waals surface area (Å²) in [5.74, 6) is 0.605. The lowest BCUT2D eigenvalue weighted by molar-refractivity contribution is 0.680. The Morgan fingerprint density at radius 1 is 1.39 bits per heavy atom. The summed E-state index contributed by atoms with van der Waals surface area (Å²) in [4.78, 5) is 23.3. The molecule has 0 aliphatic heterocycles. The largest absolute Gasteiger partial charge is 0.328 e. The number of rotatable bonds is 4.